The van der Waals surface area contributed by atoms with Crippen molar-refractivity contribution in [2.24, 2.45) is 11.0 Å². The topological polar surface area (TPSA) is 111 Å². The first-order chi connectivity index (χ1) is 14.0. The van der Waals surface area contributed by atoms with Crippen molar-refractivity contribution in [2.45, 2.75) is 13.3 Å². The van der Waals surface area contributed by atoms with Crippen LogP contribution in [0.5, 0.6) is 5.75 Å². The van der Waals surface area contributed by atoms with E-state index in [1.807, 2.05) is 37.3 Å². The number of nitrogens with one attached hydrogen (secondary N) is 2. The van der Waals surface area contributed by atoms with Gasteiger partial charge in [0.15, 0.2) is 0 Å². The van der Waals surface area contributed by atoms with E-state index in [4.69, 9.17) is 5.21 Å². The average Bonchev–Trinajstić information content (AvgIpc) is 2.74. The molecule has 0 spiro atoms. The van der Waals surface area contributed by atoms with E-state index >= 15 is 0 Å². The van der Waals surface area contributed by atoms with Crippen LogP contribution in [0.1, 0.15) is 18.9 Å². The summed E-state index contributed by atoms with van der Waals surface area (Å²) in [5.41, 5.74) is 5.72. The molecule has 1 unspecified atom stereocenters. The lowest BCUT2D eigenvalue weighted by Gasteiger charge is -2.17. The van der Waals surface area contributed by atoms with Gasteiger partial charge in [-0.2, -0.15) is 5.10 Å². The van der Waals surface area contributed by atoms with Crippen molar-refractivity contribution in [3.8, 4) is 5.75 Å². The summed E-state index contributed by atoms with van der Waals surface area (Å²) in [5.74, 6) is -0.837. The SMILES string of the molecule is CC1CC=C(C(=O)N/N=C/c2c(O)ccc3ccccc23)C=C1/C=C/C(=O)NO. The third-order valence-corrected chi connectivity index (χ3v) is 4.69. The lowest BCUT2D eigenvalue weighted by molar-refractivity contribution is -0.124. The Labute approximate surface area is 167 Å². The molecule has 3 rings (SSSR count). The summed E-state index contributed by atoms with van der Waals surface area (Å²) in [5, 5.41) is 24.5. The Morgan fingerprint density at radius 2 is 2.00 bits per heavy atom. The van der Waals surface area contributed by atoms with Crippen molar-refractivity contribution in [1.29, 1.82) is 0 Å². The first kappa shape index (κ1) is 20.0. The van der Waals surface area contributed by atoms with Crippen LogP contribution in [0.4, 0.5) is 0 Å². The zero-order valence-corrected chi connectivity index (χ0v) is 15.8. The average molecular weight is 391 g/mol. The normalized spacial score (nSPS) is 16.7. The highest BCUT2D eigenvalue weighted by atomic mass is 16.5. The van der Waals surface area contributed by atoms with Gasteiger partial charge in [-0.25, -0.2) is 10.9 Å². The van der Waals surface area contributed by atoms with Crippen molar-refractivity contribution < 1.29 is 19.9 Å². The summed E-state index contributed by atoms with van der Waals surface area (Å²) < 4.78 is 0. The number of benzene rings is 2. The van der Waals surface area contributed by atoms with Gasteiger partial charge < -0.3 is 5.11 Å². The molecule has 0 fully saturated rings. The van der Waals surface area contributed by atoms with Crippen LogP contribution in [0, 0.1) is 5.92 Å². The van der Waals surface area contributed by atoms with E-state index < -0.39 is 11.8 Å². The van der Waals surface area contributed by atoms with Gasteiger partial charge in [-0.1, -0.05) is 49.4 Å². The molecule has 2 amide bonds. The number of allylic oxidation sites excluding steroid dienone is 3. The molecule has 0 aliphatic heterocycles. The van der Waals surface area contributed by atoms with Gasteiger partial charge in [0.1, 0.15) is 5.75 Å². The monoisotopic (exact) mass is 391 g/mol. The van der Waals surface area contributed by atoms with Crippen LogP contribution in [0.25, 0.3) is 10.8 Å². The minimum Gasteiger partial charge on any atom is -0.507 e. The third kappa shape index (κ3) is 4.77. The second-order valence-corrected chi connectivity index (χ2v) is 6.67. The minimum atomic E-state index is -0.641. The van der Waals surface area contributed by atoms with Crippen molar-refractivity contribution in [1.82, 2.24) is 10.9 Å². The molecule has 148 valence electrons. The molecule has 1 aliphatic rings. The summed E-state index contributed by atoms with van der Waals surface area (Å²) >= 11 is 0. The number of hydrogen-bond donors (Lipinski definition) is 4. The Bertz CT molecular complexity index is 1070. The fraction of sp³-hybridized carbons (Fsp3) is 0.136. The lowest BCUT2D eigenvalue weighted by atomic mass is 9.89. The third-order valence-electron chi connectivity index (χ3n) is 4.69. The Balaban J connectivity index is 1.74. The molecule has 1 atom stereocenters. The van der Waals surface area contributed by atoms with Gasteiger partial charge in [-0.05, 0) is 40.8 Å². The molecule has 0 saturated heterocycles. The van der Waals surface area contributed by atoms with Gasteiger partial charge in [-0.3, -0.25) is 14.8 Å². The van der Waals surface area contributed by atoms with Gasteiger partial charge in [-0.15, -0.1) is 0 Å². The number of carbonyl (C=O) groups excluding carboxylic acids is 2. The molecule has 0 saturated carbocycles. The van der Waals surface area contributed by atoms with Crippen molar-refractivity contribution in [3.05, 3.63) is 77.4 Å². The Morgan fingerprint density at radius 1 is 1.21 bits per heavy atom. The molecule has 2 aromatic carbocycles. The Kier molecular flexibility index (Phi) is 6.21. The van der Waals surface area contributed by atoms with Gasteiger partial charge in [0.05, 0.1) is 6.21 Å². The number of hydroxylamine groups is 1. The van der Waals surface area contributed by atoms with E-state index in [1.165, 1.54) is 17.8 Å². The second-order valence-electron chi connectivity index (χ2n) is 6.67. The molecule has 0 aromatic heterocycles. The van der Waals surface area contributed by atoms with Crippen molar-refractivity contribution >= 4 is 28.8 Å². The molecular formula is C22H21N3O4. The zero-order chi connectivity index (χ0) is 20.8. The van der Waals surface area contributed by atoms with Crippen LogP contribution < -0.4 is 10.9 Å². The number of carbonyl (C=O) groups is 2. The largest absolute Gasteiger partial charge is 0.507 e. The summed E-state index contributed by atoms with van der Waals surface area (Å²) in [6, 6.07) is 11.0. The standard InChI is InChI=1S/C22H21N3O4/c1-14-6-7-17(12-16(14)9-11-21(27)25-29)22(28)24-23-13-19-18-5-3-2-4-15(18)8-10-20(19)26/h2-5,7-14,26,29H,6H2,1H3,(H,24,28)(H,25,27)/b11-9+,23-13+. The molecule has 7 heteroatoms. The fourth-order valence-corrected chi connectivity index (χ4v) is 3.04. The van der Waals surface area contributed by atoms with Crippen molar-refractivity contribution in [2.75, 3.05) is 0 Å². The number of phenolic OH excluding ortho intramolecular Hbond substituents is 1. The molecule has 4 N–H and O–H groups in total. The maximum absolute atomic E-state index is 12.4. The van der Waals surface area contributed by atoms with E-state index in [2.05, 4.69) is 10.5 Å². The highest BCUT2D eigenvalue weighted by molar-refractivity contribution is 6.03. The van der Waals surface area contributed by atoms with E-state index in [0.29, 0.717) is 17.6 Å². The number of hydrazone groups is 1. The first-order valence-corrected chi connectivity index (χ1v) is 9.07. The number of fused-ring (bicyclic) bond motifs is 1. The van der Waals surface area contributed by atoms with Crippen LogP contribution in [-0.2, 0) is 9.59 Å². The van der Waals surface area contributed by atoms with Gasteiger partial charge >= 0.3 is 0 Å². The fourth-order valence-electron chi connectivity index (χ4n) is 3.04. The van der Waals surface area contributed by atoms with Crippen LogP contribution in [-0.4, -0.2) is 28.3 Å². The van der Waals surface area contributed by atoms with Crippen molar-refractivity contribution in [3.63, 3.8) is 0 Å². The zero-order valence-electron chi connectivity index (χ0n) is 15.8. The van der Waals surface area contributed by atoms with Gasteiger partial charge in [0, 0.05) is 17.2 Å². The molecule has 29 heavy (non-hydrogen) atoms. The number of nitrogens with zero attached hydrogens (tertiary/aromatic N) is 1. The van der Waals surface area contributed by atoms with E-state index in [-0.39, 0.29) is 11.7 Å². The summed E-state index contributed by atoms with van der Waals surface area (Å²) in [6.07, 6.45) is 8.29. The molecule has 7 nitrogen and oxygen atoms in total. The minimum absolute atomic E-state index is 0.0712. The number of amides is 2. The predicted molar refractivity (Wildman–Crippen MR) is 110 cm³/mol. The second kappa shape index (κ2) is 8.99. The molecule has 0 radical (unpaired) electrons. The predicted octanol–water partition coefficient (Wildman–Crippen LogP) is 2.95. The lowest BCUT2D eigenvalue weighted by Crippen LogP contribution is -2.21. The van der Waals surface area contributed by atoms with Crippen LogP contribution >= 0.6 is 0 Å². The number of hydrogen-bond acceptors (Lipinski definition) is 5. The number of phenols is 1. The first-order valence-electron chi connectivity index (χ1n) is 9.07. The van der Waals surface area contributed by atoms with E-state index in [9.17, 15) is 14.7 Å². The van der Waals surface area contributed by atoms with Crippen LogP contribution in [0.2, 0.25) is 0 Å². The smallest absolute Gasteiger partial charge is 0.271 e. The molecule has 0 bridgehead atoms. The number of rotatable bonds is 5. The summed E-state index contributed by atoms with van der Waals surface area (Å²) in [7, 11) is 0. The highest BCUT2D eigenvalue weighted by Crippen LogP contribution is 2.26. The van der Waals surface area contributed by atoms with Gasteiger partial charge in [0.2, 0.25) is 0 Å². The molecule has 0 heterocycles. The van der Waals surface area contributed by atoms with Crippen LogP contribution in [0.3, 0.4) is 0 Å². The maximum Gasteiger partial charge on any atom is 0.271 e. The quantitative estimate of drug-likeness (QED) is 0.272. The summed E-state index contributed by atoms with van der Waals surface area (Å²) in [4.78, 5) is 23.6. The summed E-state index contributed by atoms with van der Waals surface area (Å²) in [6.45, 7) is 1.97. The Morgan fingerprint density at radius 3 is 2.79 bits per heavy atom. The van der Waals surface area contributed by atoms with E-state index in [1.54, 1.807) is 24.3 Å². The maximum atomic E-state index is 12.4. The van der Waals surface area contributed by atoms with Crippen LogP contribution in [0.15, 0.2) is 76.9 Å². The number of aromatic hydroxyl groups is 1. The molecule has 1 aliphatic carbocycles. The Hall–Kier alpha value is -3.71. The molecular weight excluding hydrogens is 370 g/mol. The highest BCUT2D eigenvalue weighted by Gasteiger charge is 2.16. The molecule has 2 aromatic rings. The van der Waals surface area contributed by atoms with E-state index in [0.717, 1.165) is 16.3 Å². The van der Waals surface area contributed by atoms with Gasteiger partial charge in [0.25, 0.3) is 11.8 Å².